The second-order valence-electron chi connectivity index (χ2n) is 7.07. The highest BCUT2D eigenvalue weighted by atomic mass is 16.1. The quantitative estimate of drug-likeness (QED) is 0.742. The van der Waals surface area contributed by atoms with Crippen LogP contribution < -0.4 is 16.4 Å². The van der Waals surface area contributed by atoms with Gasteiger partial charge in [0.05, 0.1) is 12.0 Å². The van der Waals surface area contributed by atoms with Crippen LogP contribution in [0.5, 0.6) is 0 Å². The SMILES string of the molecule is NC(=O)CC1(CCCc2ccccc2)C=CC=CN1c1cccc(C(N)=O)c1. The Kier molecular flexibility index (Phi) is 5.94. The number of nitrogens with zero attached hydrogens (tertiary/aromatic N) is 1. The van der Waals surface area contributed by atoms with E-state index in [1.807, 2.05) is 53.6 Å². The molecular weight excluding hydrogens is 350 g/mol. The third kappa shape index (κ3) is 4.49. The number of anilines is 1. The van der Waals surface area contributed by atoms with Gasteiger partial charge >= 0.3 is 0 Å². The van der Waals surface area contributed by atoms with E-state index in [2.05, 4.69) is 12.1 Å². The Balaban J connectivity index is 1.88. The molecule has 0 saturated heterocycles. The Labute approximate surface area is 165 Å². The van der Waals surface area contributed by atoms with Gasteiger partial charge in [-0.15, -0.1) is 0 Å². The van der Waals surface area contributed by atoms with Gasteiger partial charge in [-0.05, 0) is 49.1 Å². The average molecular weight is 375 g/mol. The lowest BCUT2D eigenvalue weighted by Crippen LogP contribution is -2.48. The van der Waals surface area contributed by atoms with Crippen LogP contribution in [0.2, 0.25) is 0 Å². The number of amides is 2. The third-order valence-electron chi connectivity index (χ3n) is 5.04. The molecule has 2 aromatic rings. The van der Waals surface area contributed by atoms with Crippen LogP contribution in [0, 0.1) is 0 Å². The molecular formula is C23H25N3O2. The van der Waals surface area contributed by atoms with Crippen molar-refractivity contribution in [1.29, 1.82) is 0 Å². The van der Waals surface area contributed by atoms with E-state index >= 15 is 0 Å². The van der Waals surface area contributed by atoms with Crippen molar-refractivity contribution < 1.29 is 9.59 Å². The molecule has 1 unspecified atom stereocenters. The maximum Gasteiger partial charge on any atom is 0.248 e. The number of carbonyl (C=O) groups is 2. The Morgan fingerprint density at radius 3 is 2.46 bits per heavy atom. The number of hydrogen-bond acceptors (Lipinski definition) is 3. The van der Waals surface area contributed by atoms with Crippen molar-refractivity contribution in [2.24, 2.45) is 11.5 Å². The van der Waals surface area contributed by atoms with Crippen LogP contribution in [0.4, 0.5) is 5.69 Å². The lowest BCUT2D eigenvalue weighted by atomic mass is 9.84. The molecule has 2 amide bonds. The number of benzene rings is 2. The highest BCUT2D eigenvalue weighted by molar-refractivity contribution is 5.94. The lowest BCUT2D eigenvalue weighted by Gasteiger charge is -2.43. The molecule has 0 aliphatic carbocycles. The molecule has 4 N–H and O–H groups in total. The fraction of sp³-hybridized carbons (Fsp3) is 0.217. The number of carbonyl (C=O) groups excluding carboxylic acids is 2. The maximum atomic E-state index is 11.9. The average Bonchev–Trinajstić information content (AvgIpc) is 2.69. The predicted octanol–water partition coefficient (Wildman–Crippen LogP) is 3.31. The Morgan fingerprint density at radius 2 is 1.75 bits per heavy atom. The van der Waals surface area contributed by atoms with E-state index in [9.17, 15) is 9.59 Å². The molecule has 28 heavy (non-hydrogen) atoms. The molecule has 1 aliphatic heterocycles. The van der Waals surface area contributed by atoms with Crippen LogP contribution in [0.25, 0.3) is 0 Å². The van der Waals surface area contributed by atoms with E-state index in [1.165, 1.54) is 5.56 Å². The van der Waals surface area contributed by atoms with Crippen LogP contribution in [0.15, 0.2) is 79.0 Å². The highest BCUT2D eigenvalue weighted by Gasteiger charge is 2.36. The predicted molar refractivity (Wildman–Crippen MR) is 112 cm³/mol. The molecule has 1 aliphatic rings. The number of hydrogen-bond donors (Lipinski definition) is 2. The fourth-order valence-corrected chi connectivity index (χ4v) is 3.73. The monoisotopic (exact) mass is 375 g/mol. The molecule has 1 atom stereocenters. The summed E-state index contributed by atoms with van der Waals surface area (Å²) < 4.78 is 0. The van der Waals surface area contributed by atoms with Gasteiger partial charge in [0.15, 0.2) is 0 Å². The summed E-state index contributed by atoms with van der Waals surface area (Å²) in [4.78, 5) is 25.5. The Hall–Kier alpha value is -3.34. The fourth-order valence-electron chi connectivity index (χ4n) is 3.73. The molecule has 0 radical (unpaired) electrons. The van der Waals surface area contributed by atoms with Gasteiger partial charge in [-0.3, -0.25) is 9.59 Å². The van der Waals surface area contributed by atoms with Gasteiger partial charge in [-0.1, -0.05) is 48.6 Å². The standard InChI is InChI=1S/C23H25N3O2/c24-21(27)17-23(14-7-10-18-8-2-1-3-9-18)13-4-5-15-26(23)20-12-6-11-19(16-20)22(25)28/h1-6,8-9,11-13,15-16H,7,10,14,17H2,(H2,24,27)(H2,25,28). The summed E-state index contributed by atoms with van der Waals surface area (Å²) >= 11 is 0. The molecule has 3 rings (SSSR count). The lowest BCUT2D eigenvalue weighted by molar-refractivity contribution is -0.118. The Morgan fingerprint density at radius 1 is 0.964 bits per heavy atom. The number of rotatable bonds is 8. The first-order valence-electron chi connectivity index (χ1n) is 9.38. The van der Waals surface area contributed by atoms with Crippen LogP contribution in [-0.4, -0.2) is 17.4 Å². The number of primary amides is 2. The van der Waals surface area contributed by atoms with Crippen LogP contribution in [0.1, 0.15) is 35.2 Å². The van der Waals surface area contributed by atoms with Gasteiger partial charge in [0, 0.05) is 17.5 Å². The van der Waals surface area contributed by atoms with Crippen molar-refractivity contribution in [3.05, 3.63) is 90.2 Å². The van der Waals surface area contributed by atoms with Crippen molar-refractivity contribution in [2.45, 2.75) is 31.2 Å². The summed E-state index contributed by atoms with van der Waals surface area (Å²) in [5.74, 6) is -0.848. The van der Waals surface area contributed by atoms with Gasteiger partial charge in [-0.25, -0.2) is 0 Å². The van der Waals surface area contributed by atoms with Crippen molar-refractivity contribution in [3.63, 3.8) is 0 Å². The first kappa shape index (κ1) is 19.4. The summed E-state index contributed by atoms with van der Waals surface area (Å²) in [6, 6.07) is 17.4. The van der Waals surface area contributed by atoms with Crippen molar-refractivity contribution in [1.82, 2.24) is 0 Å². The first-order valence-corrected chi connectivity index (χ1v) is 9.38. The molecule has 0 spiro atoms. The van der Waals surface area contributed by atoms with Gasteiger partial charge < -0.3 is 16.4 Å². The van der Waals surface area contributed by atoms with Crippen LogP contribution in [-0.2, 0) is 11.2 Å². The topological polar surface area (TPSA) is 89.4 Å². The zero-order chi connectivity index (χ0) is 20.0. The minimum Gasteiger partial charge on any atom is -0.370 e. The third-order valence-corrected chi connectivity index (χ3v) is 5.04. The van der Waals surface area contributed by atoms with E-state index in [1.54, 1.807) is 18.2 Å². The number of nitrogens with two attached hydrogens (primary N) is 2. The Bertz CT molecular complexity index is 905. The van der Waals surface area contributed by atoms with E-state index in [0.717, 1.165) is 24.9 Å². The molecule has 5 nitrogen and oxygen atoms in total. The summed E-state index contributed by atoms with van der Waals surface area (Å²) in [6.45, 7) is 0. The van der Waals surface area contributed by atoms with Crippen molar-refractivity contribution >= 4 is 17.5 Å². The number of allylic oxidation sites excluding steroid dienone is 2. The molecule has 144 valence electrons. The van der Waals surface area contributed by atoms with E-state index in [4.69, 9.17) is 11.5 Å². The smallest absolute Gasteiger partial charge is 0.248 e. The molecule has 0 bridgehead atoms. The molecule has 1 heterocycles. The summed E-state index contributed by atoms with van der Waals surface area (Å²) in [5, 5.41) is 0. The highest BCUT2D eigenvalue weighted by Crippen LogP contribution is 2.35. The van der Waals surface area contributed by atoms with E-state index in [0.29, 0.717) is 5.56 Å². The zero-order valence-electron chi connectivity index (χ0n) is 15.8. The second kappa shape index (κ2) is 8.57. The maximum absolute atomic E-state index is 11.9. The molecule has 5 heteroatoms. The summed E-state index contributed by atoms with van der Waals surface area (Å²) in [5.41, 5.74) is 13.0. The van der Waals surface area contributed by atoms with E-state index in [-0.39, 0.29) is 12.3 Å². The summed E-state index contributed by atoms with van der Waals surface area (Å²) in [7, 11) is 0. The van der Waals surface area contributed by atoms with Gasteiger partial charge in [0.2, 0.25) is 11.8 Å². The minimum absolute atomic E-state index is 0.184. The molecule has 0 saturated carbocycles. The normalized spacial score (nSPS) is 18.2. The van der Waals surface area contributed by atoms with Crippen LogP contribution >= 0.6 is 0 Å². The molecule has 2 aromatic carbocycles. The summed E-state index contributed by atoms with van der Waals surface area (Å²) in [6.07, 6.45) is 10.5. The first-order chi connectivity index (χ1) is 13.5. The largest absolute Gasteiger partial charge is 0.370 e. The minimum atomic E-state index is -0.578. The van der Waals surface area contributed by atoms with Gasteiger partial charge in [-0.2, -0.15) is 0 Å². The van der Waals surface area contributed by atoms with Crippen molar-refractivity contribution in [2.75, 3.05) is 4.90 Å². The van der Waals surface area contributed by atoms with E-state index < -0.39 is 11.4 Å². The zero-order valence-corrected chi connectivity index (χ0v) is 15.8. The second-order valence-corrected chi connectivity index (χ2v) is 7.07. The van der Waals surface area contributed by atoms with Gasteiger partial charge in [0.1, 0.15) is 0 Å². The number of aryl methyl sites for hydroxylation is 1. The van der Waals surface area contributed by atoms with Crippen LogP contribution in [0.3, 0.4) is 0 Å². The van der Waals surface area contributed by atoms with Crippen molar-refractivity contribution in [3.8, 4) is 0 Å². The molecule has 0 aromatic heterocycles. The van der Waals surface area contributed by atoms with Gasteiger partial charge in [0.25, 0.3) is 0 Å². The molecule has 0 fully saturated rings.